The molecule has 0 unspecified atom stereocenters. The molecule has 0 aromatic heterocycles. The summed E-state index contributed by atoms with van der Waals surface area (Å²) in [5, 5.41) is 2.75. The van der Waals surface area contributed by atoms with Crippen LogP contribution in [0, 0.1) is 20.8 Å². The van der Waals surface area contributed by atoms with Gasteiger partial charge in [-0.05, 0) is 69.2 Å². The Balaban J connectivity index is 1.94. The molecule has 3 rings (SSSR count). The third-order valence-electron chi connectivity index (χ3n) is 5.30. The second kappa shape index (κ2) is 10.5. The molecule has 0 bridgehead atoms. The number of ether oxygens (including phenoxy) is 1. The Bertz CT molecular complexity index is 1300. The van der Waals surface area contributed by atoms with Gasteiger partial charge in [0.25, 0.3) is 10.0 Å². The van der Waals surface area contributed by atoms with Gasteiger partial charge in [0.15, 0.2) is 0 Å². The lowest BCUT2D eigenvalue weighted by atomic mass is 10.1. The molecule has 178 valence electrons. The third-order valence-corrected chi connectivity index (χ3v) is 7.08. The molecule has 0 aliphatic heterocycles. The van der Waals surface area contributed by atoms with Crippen molar-refractivity contribution in [1.82, 2.24) is 0 Å². The summed E-state index contributed by atoms with van der Waals surface area (Å²) < 4.78 is 33.2. The number of carbonyl (C=O) groups is 2. The van der Waals surface area contributed by atoms with Crippen molar-refractivity contribution in [2.75, 3.05) is 22.8 Å². The summed E-state index contributed by atoms with van der Waals surface area (Å²) >= 11 is 0. The maximum atomic E-state index is 13.6. The fourth-order valence-corrected chi connectivity index (χ4v) is 4.88. The summed E-state index contributed by atoms with van der Waals surface area (Å²) in [7, 11) is -4.02. The first-order valence-corrected chi connectivity index (χ1v) is 12.3. The molecule has 1 N–H and O–H groups in total. The lowest BCUT2D eigenvalue weighted by Gasteiger charge is -2.26. The zero-order valence-corrected chi connectivity index (χ0v) is 20.5. The topological polar surface area (TPSA) is 92.8 Å². The maximum Gasteiger partial charge on any atom is 0.338 e. The van der Waals surface area contributed by atoms with Crippen LogP contribution in [0.5, 0.6) is 0 Å². The number of amides is 1. The minimum Gasteiger partial charge on any atom is -0.462 e. The van der Waals surface area contributed by atoms with E-state index in [1.54, 1.807) is 69.3 Å². The predicted molar refractivity (Wildman–Crippen MR) is 133 cm³/mol. The quantitative estimate of drug-likeness (QED) is 0.475. The van der Waals surface area contributed by atoms with Crippen LogP contribution in [0.25, 0.3) is 0 Å². The molecule has 0 aliphatic carbocycles. The van der Waals surface area contributed by atoms with Crippen LogP contribution in [-0.2, 0) is 19.6 Å². The first-order valence-electron chi connectivity index (χ1n) is 10.9. The zero-order chi connectivity index (χ0) is 24.9. The average Bonchev–Trinajstić information content (AvgIpc) is 2.80. The molecule has 0 radical (unpaired) electrons. The average molecular weight is 481 g/mol. The van der Waals surface area contributed by atoms with Crippen molar-refractivity contribution in [1.29, 1.82) is 0 Å². The van der Waals surface area contributed by atoms with Gasteiger partial charge in [0, 0.05) is 5.69 Å². The van der Waals surface area contributed by atoms with Crippen LogP contribution >= 0.6 is 0 Å². The first-order chi connectivity index (χ1) is 16.1. The molecule has 3 aromatic carbocycles. The number of rotatable bonds is 8. The van der Waals surface area contributed by atoms with Crippen molar-refractivity contribution in [3.8, 4) is 0 Å². The summed E-state index contributed by atoms with van der Waals surface area (Å²) in [6, 6.07) is 18.3. The molecule has 0 fully saturated rings. The number of sulfonamides is 1. The number of hydrogen-bond donors (Lipinski definition) is 1. The maximum absolute atomic E-state index is 13.6. The molecular formula is C26H28N2O5S. The molecule has 3 aromatic rings. The summed E-state index contributed by atoms with van der Waals surface area (Å²) in [6.45, 7) is 6.95. The van der Waals surface area contributed by atoms with Crippen LogP contribution in [-0.4, -0.2) is 33.4 Å². The fourth-order valence-electron chi connectivity index (χ4n) is 3.40. The fraction of sp³-hybridized carbons (Fsp3) is 0.231. The van der Waals surface area contributed by atoms with Crippen molar-refractivity contribution >= 4 is 33.3 Å². The van der Waals surface area contributed by atoms with Crippen LogP contribution in [0.4, 0.5) is 11.4 Å². The number of nitrogens with one attached hydrogen (secondary N) is 1. The Kier molecular flexibility index (Phi) is 7.73. The smallest absolute Gasteiger partial charge is 0.338 e. The lowest BCUT2D eigenvalue weighted by molar-refractivity contribution is -0.114. The number of esters is 1. The van der Waals surface area contributed by atoms with Gasteiger partial charge in [-0.2, -0.15) is 0 Å². The predicted octanol–water partition coefficient (Wildman–Crippen LogP) is 4.62. The molecule has 0 saturated carbocycles. The van der Waals surface area contributed by atoms with Crippen molar-refractivity contribution in [3.05, 3.63) is 89.0 Å². The highest BCUT2D eigenvalue weighted by atomic mass is 32.2. The third kappa shape index (κ3) is 5.63. The van der Waals surface area contributed by atoms with E-state index in [0.29, 0.717) is 22.5 Å². The number of nitrogens with zero attached hydrogens (tertiary/aromatic N) is 1. The van der Waals surface area contributed by atoms with Crippen LogP contribution < -0.4 is 9.62 Å². The van der Waals surface area contributed by atoms with Gasteiger partial charge < -0.3 is 10.1 Å². The van der Waals surface area contributed by atoms with E-state index in [1.165, 1.54) is 18.2 Å². The molecule has 0 saturated heterocycles. The summed E-state index contributed by atoms with van der Waals surface area (Å²) in [5.74, 6) is -1.04. The van der Waals surface area contributed by atoms with Gasteiger partial charge in [-0.15, -0.1) is 0 Å². The van der Waals surface area contributed by atoms with Crippen LogP contribution in [0.2, 0.25) is 0 Å². The highest BCUT2D eigenvalue weighted by Crippen LogP contribution is 2.27. The van der Waals surface area contributed by atoms with Gasteiger partial charge in [0.05, 0.1) is 22.8 Å². The van der Waals surface area contributed by atoms with Gasteiger partial charge in [-0.1, -0.05) is 42.0 Å². The molecule has 34 heavy (non-hydrogen) atoms. The van der Waals surface area contributed by atoms with E-state index < -0.39 is 28.4 Å². The van der Waals surface area contributed by atoms with Gasteiger partial charge in [0.1, 0.15) is 6.54 Å². The number of para-hydroxylation sites is 1. The largest absolute Gasteiger partial charge is 0.462 e. The second-order valence-electron chi connectivity index (χ2n) is 7.91. The number of hydrogen-bond acceptors (Lipinski definition) is 5. The Morgan fingerprint density at radius 3 is 2.24 bits per heavy atom. The van der Waals surface area contributed by atoms with E-state index in [-0.39, 0.29) is 11.5 Å². The monoisotopic (exact) mass is 480 g/mol. The van der Waals surface area contributed by atoms with Crippen LogP contribution in [0.1, 0.15) is 34.0 Å². The number of aryl methyl sites for hydroxylation is 3. The standard InChI is InChI=1S/C26H28N2O5S/c1-5-33-26(30)21-13-12-19(3)23(16-21)27-25(29)17-28(24-9-7-6-8-20(24)4)34(31,32)22-14-10-18(2)11-15-22/h6-16H,5,17H2,1-4H3,(H,27,29). The Morgan fingerprint density at radius 2 is 1.59 bits per heavy atom. The minimum absolute atomic E-state index is 0.0923. The lowest BCUT2D eigenvalue weighted by Crippen LogP contribution is -2.38. The van der Waals surface area contributed by atoms with Crippen molar-refractivity contribution in [2.45, 2.75) is 32.6 Å². The first kappa shape index (κ1) is 25.0. The summed E-state index contributed by atoms with van der Waals surface area (Å²) in [5.41, 5.74) is 3.49. The molecule has 1 amide bonds. The Morgan fingerprint density at radius 1 is 0.912 bits per heavy atom. The molecule has 0 heterocycles. The molecule has 0 aliphatic rings. The molecular weight excluding hydrogens is 452 g/mol. The second-order valence-corrected chi connectivity index (χ2v) is 9.77. The Hall–Kier alpha value is -3.65. The van der Waals surface area contributed by atoms with Gasteiger partial charge in [0.2, 0.25) is 5.91 Å². The summed E-state index contributed by atoms with van der Waals surface area (Å²) in [6.07, 6.45) is 0. The summed E-state index contributed by atoms with van der Waals surface area (Å²) in [4.78, 5) is 25.2. The van der Waals surface area contributed by atoms with E-state index in [2.05, 4.69) is 5.32 Å². The molecule has 0 atom stereocenters. The van der Waals surface area contributed by atoms with Crippen LogP contribution in [0.3, 0.4) is 0 Å². The number of benzene rings is 3. The Labute approximate surface area is 200 Å². The zero-order valence-electron chi connectivity index (χ0n) is 19.7. The highest BCUT2D eigenvalue weighted by Gasteiger charge is 2.28. The van der Waals surface area contributed by atoms with Crippen molar-refractivity contribution in [2.24, 2.45) is 0 Å². The number of carbonyl (C=O) groups excluding carboxylic acids is 2. The number of anilines is 2. The van der Waals surface area contributed by atoms with E-state index in [1.807, 2.05) is 6.92 Å². The molecule has 7 nitrogen and oxygen atoms in total. The van der Waals surface area contributed by atoms with Crippen molar-refractivity contribution < 1.29 is 22.7 Å². The van der Waals surface area contributed by atoms with Gasteiger partial charge in [-0.25, -0.2) is 13.2 Å². The van der Waals surface area contributed by atoms with Crippen molar-refractivity contribution in [3.63, 3.8) is 0 Å². The normalized spacial score (nSPS) is 11.1. The minimum atomic E-state index is -4.02. The molecule has 0 spiro atoms. The highest BCUT2D eigenvalue weighted by molar-refractivity contribution is 7.92. The van der Waals surface area contributed by atoms with E-state index in [0.717, 1.165) is 15.4 Å². The van der Waals surface area contributed by atoms with E-state index in [9.17, 15) is 18.0 Å². The van der Waals surface area contributed by atoms with Crippen LogP contribution in [0.15, 0.2) is 71.6 Å². The van der Waals surface area contributed by atoms with E-state index >= 15 is 0 Å². The van der Waals surface area contributed by atoms with Gasteiger partial charge in [-0.3, -0.25) is 9.10 Å². The van der Waals surface area contributed by atoms with Gasteiger partial charge >= 0.3 is 5.97 Å². The van der Waals surface area contributed by atoms with E-state index in [4.69, 9.17) is 4.74 Å². The SMILES string of the molecule is CCOC(=O)c1ccc(C)c(NC(=O)CN(c2ccccc2C)S(=O)(=O)c2ccc(C)cc2)c1. The molecule has 8 heteroatoms.